The second-order valence-corrected chi connectivity index (χ2v) is 6.58. The highest BCUT2D eigenvalue weighted by atomic mass is 35.5. The Labute approximate surface area is 146 Å². The molecule has 1 aromatic heterocycles. The number of aliphatic hydroxyl groups is 1. The van der Waals surface area contributed by atoms with Gasteiger partial charge in [0.25, 0.3) is 5.91 Å². The maximum atomic E-state index is 12.8. The van der Waals surface area contributed by atoms with Gasteiger partial charge in [-0.15, -0.1) is 0 Å². The van der Waals surface area contributed by atoms with E-state index in [0.717, 1.165) is 29.8 Å². The van der Waals surface area contributed by atoms with Crippen LogP contribution in [0.25, 0.3) is 5.69 Å². The molecule has 1 aliphatic carbocycles. The number of halogens is 1. The summed E-state index contributed by atoms with van der Waals surface area (Å²) in [5, 5.41) is 14.3. The SMILES string of the molecule is CCN(CCO)C(=O)c1cnn(-c2ccc(C)c(Cl)c2)c1C1CC1. The summed E-state index contributed by atoms with van der Waals surface area (Å²) < 4.78 is 1.84. The van der Waals surface area contributed by atoms with E-state index in [-0.39, 0.29) is 12.5 Å². The number of aliphatic hydroxyl groups excluding tert-OH is 1. The molecule has 1 aromatic carbocycles. The van der Waals surface area contributed by atoms with Crippen molar-refractivity contribution in [1.82, 2.24) is 14.7 Å². The van der Waals surface area contributed by atoms with E-state index in [1.54, 1.807) is 11.1 Å². The van der Waals surface area contributed by atoms with Gasteiger partial charge in [-0.1, -0.05) is 17.7 Å². The zero-order chi connectivity index (χ0) is 17.3. The second-order valence-electron chi connectivity index (χ2n) is 6.17. The minimum absolute atomic E-state index is 0.0416. The molecule has 6 heteroatoms. The summed E-state index contributed by atoms with van der Waals surface area (Å²) in [7, 11) is 0. The first kappa shape index (κ1) is 17.0. The van der Waals surface area contributed by atoms with Crippen LogP contribution in [-0.2, 0) is 0 Å². The molecular weight excluding hydrogens is 326 g/mol. The molecule has 1 fully saturated rings. The number of aryl methyl sites for hydroxylation is 1. The lowest BCUT2D eigenvalue weighted by Gasteiger charge is -2.20. The molecule has 0 unspecified atom stereocenters. The topological polar surface area (TPSA) is 58.4 Å². The van der Waals surface area contributed by atoms with Crippen molar-refractivity contribution in [3.8, 4) is 5.69 Å². The Bertz CT molecular complexity index is 753. The Morgan fingerprint density at radius 1 is 1.46 bits per heavy atom. The maximum absolute atomic E-state index is 12.8. The summed E-state index contributed by atoms with van der Waals surface area (Å²) in [6.07, 6.45) is 3.78. The zero-order valence-corrected chi connectivity index (χ0v) is 14.8. The van der Waals surface area contributed by atoms with Crippen molar-refractivity contribution in [2.75, 3.05) is 19.7 Å². The molecule has 1 aliphatic rings. The van der Waals surface area contributed by atoms with Crippen molar-refractivity contribution < 1.29 is 9.90 Å². The third kappa shape index (κ3) is 3.19. The fourth-order valence-corrected chi connectivity index (χ4v) is 3.06. The first-order chi connectivity index (χ1) is 11.6. The molecule has 5 nitrogen and oxygen atoms in total. The van der Waals surface area contributed by atoms with Crippen molar-refractivity contribution in [3.63, 3.8) is 0 Å². The van der Waals surface area contributed by atoms with Gasteiger partial charge in [-0.25, -0.2) is 4.68 Å². The first-order valence-corrected chi connectivity index (χ1v) is 8.69. The van der Waals surface area contributed by atoms with Crippen molar-refractivity contribution in [1.29, 1.82) is 0 Å². The molecule has 128 valence electrons. The van der Waals surface area contributed by atoms with Gasteiger partial charge in [-0.3, -0.25) is 4.79 Å². The number of benzene rings is 1. The molecule has 1 heterocycles. The van der Waals surface area contributed by atoms with Crippen LogP contribution in [0.3, 0.4) is 0 Å². The van der Waals surface area contributed by atoms with E-state index in [4.69, 9.17) is 16.7 Å². The van der Waals surface area contributed by atoms with Crippen LogP contribution in [0.2, 0.25) is 5.02 Å². The lowest BCUT2D eigenvalue weighted by atomic mass is 10.1. The molecule has 0 bridgehead atoms. The predicted octanol–water partition coefficient (Wildman–Crippen LogP) is 3.17. The third-order valence-electron chi connectivity index (χ3n) is 4.44. The summed E-state index contributed by atoms with van der Waals surface area (Å²) in [5.74, 6) is 0.289. The Morgan fingerprint density at radius 2 is 2.21 bits per heavy atom. The fourth-order valence-electron chi connectivity index (χ4n) is 2.89. The van der Waals surface area contributed by atoms with E-state index in [0.29, 0.717) is 29.6 Å². The molecule has 1 amide bonds. The van der Waals surface area contributed by atoms with E-state index in [1.807, 2.05) is 36.7 Å². The number of carbonyl (C=O) groups is 1. The maximum Gasteiger partial charge on any atom is 0.257 e. The number of rotatable bonds is 6. The van der Waals surface area contributed by atoms with E-state index < -0.39 is 0 Å². The number of aromatic nitrogens is 2. The number of amides is 1. The largest absolute Gasteiger partial charge is 0.395 e. The summed E-state index contributed by atoms with van der Waals surface area (Å²) >= 11 is 6.25. The van der Waals surface area contributed by atoms with Gasteiger partial charge >= 0.3 is 0 Å². The second kappa shape index (κ2) is 6.95. The van der Waals surface area contributed by atoms with E-state index >= 15 is 0 Å². The molecule has 24 heavy (non-hydrogen) atoms. The molecule has 2 aromatic rings. The van der Waals surface area contributed by atoms with Gasteiger partial charge in [-0.2, -0.15) is 5.10 Å². The lowest BCUT2D eigenvalue weighted by molar-refractivity contribution is 0.0730. The van der Waals surface area contributed by atoms with Crippen LogP contribution in [0.5, 0.6) is 0 Å². The average molecular weight is 348 g/mol. The number of hydrogen-bond acceptors (Lipinski definition) is 3. The molecule has 3 rings (SSSR count). The minimum atomic E-state index is -0.0714. The molecule has 1 saturated carbocycles. The highest BCUT2D eigenvalue weighted by Crippen LogP contribution is 2.43. The Hall–Kier alpha value is -1.85. The van der Waals surface area contributed by atoms with Crippen molar-refractivity contribution in [2.45, 2.75) is 32.6 Å². The molecular formula is C18H22ClN3O2. The van der Waals surface area contributed by atoms with Crippen LogP contribution in [0, 0.1) is 6.92 Å². The van der Waals surface area contributed by atoms with Crippen LogP contribution in [0.15, 0.2) is 24.4 Å². The third-order valence-corrected chi connectivity index (χ3v) is 4.85. The summed E-state index contributed by atoms with van der Waals surface area (Å²) in [5.41, 5.74) is 3.47. The monoisotopic (exact) mass is 347 g/mol. The lowest BCUT2D eigenvalue weighted by Crippen LogP contribution is -2.33. The van der Waals surface area contributed by atoms with Gasteiger partial charge in [0.15, 0.2) is 0 Å². The summed E-state index contributed by atoms with van der Waals surface area (Å²) in [6.45, 7) is 4.72. The first-order valence-electron chi connectivity index (χ1n) is 8.31. The van der Waals surface area contributed by atoms with Crippen LogP contribution < -0.4 is 0 Å². The molecule has 1 N–H and O–H groups in total. The van der Waals surface area contributed by atoms with Crippen LogP contribution >= 0.6 is 11.6 Å². The average Bonchev–Trinajstić information content (AvgIpc) is 3.33. The highest BCUT2D eigenvalue weighted by Gasteiger charge is 2.34. The van der Waals surface area contributed by atoms with Crippen molar-refractivity contribution in [2.24, 2.45) is 0 Å². The number of nitrogens with zero attached hydrogens (tertiary/aromatic N) is 3. The normalized spacial score (nSPS) is 14.0. The molecule has 0 atom stereocenters. The van der Waals surface area contributed by atoms with Crippen molar-refractivity contribution in [3.05, 3.63) is 46.2 Å². The predicted molar refractivity (Wildman–Crippen MR) is 93.9 cm³/mol. The van der Waals surface area contributed by atoms with Gasteiger partial charge in [0, 0.05) is 24.0 Å². The van der Waals surface area contributed by atoms with Gasteiger partial charge in [0.2, 0.25) is 0 Å². The number of hydrogen-bond donors (Lipinski definition) is 1. The Morgan fingerprint density at radius 3 is 2.79 bits per heavy atom. The summed E-state index contributed by atoms with van der Waals surface area (Å²) in [6, 6.07) is 5.82. The molecule has 0 radical (unpaired) electrons. The standard InChI is InChI=1S/C18H22ClN3O2/c1-3-21(8-9-23)18(24)15-11-20-22(17(15)13-5-6-13)14-7-4-12(2)16(19)10-14/h4,7,10-11,13,23H,3,5-6,8-9H2,1-2H3. The molecule has 0 saturated heterocycles. The minimum Gasteiger partial charge on any atom is -0.395 e. The number of carbonyl (C=O) groups excluding carboxylic acids is 1. The van der Waals surface area contributed by atoms with Crippen molar-refractivity contribution >= 4 is 17.5 Å². The van der Waals surface area contributed by atoms with E-state index in [2.05, 4.69) is 5.10 Å². The zero-order valence-electron chi connectivity index (χ0n) is 14.0. The quantitative estimate of drug-likeness (QED) is 0.873. The van der Waals surface area contributed by atoms with Gasteiger partial charge in [0.1, 0.15) is 0 Å². The van der Waals surface area contributed by atoms with E-state index in [9.17, 15) is 4.79 Å². The van der Waals surface area contributed by atoms with Gasteiger partial charge in [-0.05, 0) is 44.4 Å². The highest BCUT2D eigenvalue weighted by molar-refractivity contribution is 6.31. The Balaban J connectivity index is 2.02. The smallest absolute Gasteiger partial charge is 0.257 e. The number of likely N-dealkylation sites (N-methyl/N-ethyl adjacent to an activating group) is 1. The molecule has 0 aliphatic heterocycles. The van der Waals surface area contributed by atoms with E-state index in [1.165, 1.54) is 0 Å². The van der Waals surface area contributed by atoms with Crippen LogP contribution in [0.4, 0.5) is 0 Å². The Kier molecular flexibility index (Phi) is 4.92. The van der Waals surface area contributed by atoms with Crippen LogP contribution in [-0.4, -0.2) is 45.4 Å². The van der Waals surface area contributed by atoms with Gasteiger partial charge in [0.05, 0.1) is 29.7 Å². The molecule has 0 spiro atoms. The summed E-state index contributed by atoms with van der Waals surface area (Å²) in [4.78, 5) is 14.5. The fraction of sp³-hybridized carbons (Fsp3) is 0.444. The van der Waals surface area contributed by atoms with Crippen LogP contribution in [0.1, 0.15) is 47.3 Å². The van der Waals surface area contributed by atoms with Gasteiger partial charge < -0.3 is 10.0 Å².